The molecule has 4 rings (SSSR count). The van der Waals surface area contributed by atoms with Gasteiger partial charge in [0.2, 0.25) is 0 Å². The van der Waals surface area contributed by atoms with Crippen molar-refractivity contribution in [1.82, 2.24) is 20.5 Å². The zero-order valence-electron chi connectivity index (χ0n) is 13.4. The highest BCUT2D eigenvalue weighted by Gasteiger charge is 2.22. The molecule has 0 amide bonds. The summed E-state index contributed by atoms with van der Waals surface area (Å²) in [5.74, 6) is 0.771. The standard InChI is InChI=1S/C18H15N5S/c1-12-13(2)24-18(19-12)15-10-6-7-11-16(15)23-17(20-21-22-23)14-8-4-3-5-9-14/h3-11H,1-2H3/p+1. The van der Waals surface area contributed by atoms with Crippen LogP contribution in [0.1, 0.15) is 10.6 Å². The van der Waals surface area contributed by atoms with Gasteiger partial charge in [-0.25, -0.2) is 4.98 Å². The highest BCUT2D eigenvalue weighted by molar-refractivity contribution is 7.15. The van der Waals surface area contributed by atoms with E-state index >= 15 is 0 Å². The van der Waals surface area contributed by atoms with Crippen molar-refractivity contribution >= 4 is 11.3 Å². The van der Waals surface area contributed by atoms with Gasteiger partial charge in [-0.3, -0.25) is 0 Å². The van der Waals surface area contributed by atoms with E-state index in [0.717, 1.165) is 33.3 Å². The molecule has 0 bridgehead atoms. The third kappa shape index (κ3) is 2.51. The Kier molecular flexibility index (Phi) is 3.66. The lowest BCUT2D eigenvalue weighted by molar-refractivity contribution is -0.649. The number of nitrogens with one attached hydrogen (secondary N) is 1. The number of aromatic nitrogens is 5. The lowest BCUT2D eigenvalue weighted by Crippen LogP contribution is -2.35. The number of para-hydroxylation sites is 1. The molecule has 0 saturated heterocycles. The quantitative estimate of drug-likeness (QED) is 0.584. The first kappa shape index (κ1) is 14.7. The van der Waals surface area contributed by atoms with Crippen LogP contribution in [-0.4, -0.2) is 20.5 Å². The van der Waals surface area contributed by atoms with E-state index in [2.05, 4.69) is 28.5 Å². The number of tetrazole rings is 1. The van der Waals surface area contributed by atoms with Crippen LogP contribution in [0, 0.1) is 13.8 Å². The number of benzene rings is 2. The van der Waals surface area contributed by atoms with E-state index in [0.29, 0.717) is 0 Å². The van der Waals surface area contributed by atoms with Crippen LogP contribution in [-0.2, 0) is 0 Å². The maximum atomic E-state index is 4.70. The van der Waals surface area contributed by atoms with Gasteiger partial charge in [-0.15, -0.1) is 16.0 Å². The lowest BCUT2D eigenvalue weighted by atomic mass is 10.1. The van der Waals surface area contributed by atoms with Crippen LogP contribution >= 0.6 is 11.3 Å². The largest absolute Gasteiger partial charge is 0.337 e. The maximum absolute atomic E-state index is 4.70. The Labute approximate surface area is 143 Å². The number of aromatic amines is 1. The minimum Gasteiger partial charge on any atom is -0.241 e. The van der Waals surface area contributed by atoms with Gasteiger partial charge in [0.05, 0.1) is 16.8 Å². The average Bonchev–Trinajstić information content (AvgIpc) is 3.23. The number of nitrogens with zero attached hydrogens (tertiary/aromatic N) is 4. The molecule has 1 N–H and O–H groups in total. The van der Waals surface area contributed by atoms with Crippen LogP contribution in [0.5, 0.6) is 0 Å². The molecule has 5 nitrogen and oxygen atoms in total. The summed E-state index contributed by atoms with van der Waals surface area (Å²) in [7, 11) is 0. The second-order valence-corrected chi connectivity index (χ2v) is 6.71. The second kappa shape index (κ2) is 5.98. The van der Waals surface area contributed by atoms with E-state index in [1.54, 1.807) is 11.3 Å². The molecule has 0 atom stereocenters. The summed E-state index contributed by atoms with van der Waals surface area (Å²) < 4.78 is 1.90. The van der Waals surface area contributed by atoms with Gasteiger partial charge in [-0.1, -0.05) is 35.5 Å². The Morgan fingerprint density at radius 1 is 0.958 bits per heavy atom. The van der Waals surface area contributed by atoms with Crippen molar-refractivity contribution in [3.05, 3.63) is 65.2 Å². The summed E-state index contributed by atoms with van der Waals surface area (Å²) in [6.07, 6.45) is 0. The van der Waals surface area contributed by atoms with Crippen molar-refractivity contribution in [2.75, 3.05) is 0 Å². The minimum atomic E-state index is 0.771. The summed E-state index contributed by atoms with van der Waals surface area (Å²) in [6.45, 7) is 4.14. The number of thiazole rings is 1. The van der Waals surface area contributed by atoms with Gasteiger partial charge in [-0.2, -0.15) is 0 Å². The molecule has 2 aromatic heterocycles. The smallest absolute Gasteiger partial charge is 0.241 e. The molecule has 2 heterocycles. The van der Waals surface area contributed by atoms with Gasteiger partial charge in [0.15, 0.2) is 5.21 Å². The number of hydrogen-bond acceptors (Lipinski definition) is 4. The zero-order chi connectivity index (χ0) is 16.5. The normalized spacial score (nSPS) is 10.9. The van der Waals surface area contributed by atoms with Gasteiger partial charge in [0.25, 0.3) is 0 Å². The monoisotopic (exact) mass is 334 g/mol. The van der Waals surface area contributed by atoms with Gasteiger partial charge in [0, 0.05) is 4.88 Å². The van der Waals surface area contributed by atoms with Gasteiger partial charge >= 0.3 is 5.82 Å². The topological polar surface area (TPSA) is 58.3 Å². The fourth-order valence-corrected chi connectivity index (χ4v) is 3.53. The lowest BCUT2D eigenvalue weighted by Gasteiger charge is -2.04. The number of hydrogen-bond donors (Lipinski definition) is 1. The highest BCUT2D eigenvalue weighted by Crippen LogP contribution is 2.30. The highest BCUT2D eigenvalue weighted by atomic mass is 32.1. The van der Waals surface area contributed by atoms with Crippen LogP contribution in [0.2, 0.25) is 0 Å². The van der Waals surface area contributed by atoms with Crippen molar-refractivity contribution in [2.45, 2.75) is 13.8 Å². The Morgan fingerprint density at radius 2 is 1.71 bits per heavy atom. The Bertz CT molecular complexity index is 968. The molecule has 0 unspecified atom stereocenters. The molecule has 0 spiro atoms. The fraction of sp³-hybridized carbons (Fsp3) is 0.111. The van der Waals surface area contributed by atoms with Crippen molar-refractivity contribution in [3.8, 4) is 27.6 Å². The minimum absolute atomic E-state index is 0.771. The Morgan fingerprint density at radius 3 is 2.46 bits per heavy atom. The third-order valence-corrected chi connectivity index (χ3v) is 5.04. The molecule has 0 fully saturated rings. The van der Waals surface area contributed by atoms with Crippen LogP contribution in [0.4, 0.5) is 0 Å². The molecule has 118 valence electrons. The Hall–Kier alpha value is -2.86. The van der Waals surface area contributed by atoms with Crippen LogP contribution < -0.4 is 4.68 Å². The molecule has 0 aliphatic rings. The van der Waals surface area contributed by atoms with E-state index in [-0.39, 0.29) is 0 Å². The number of rotatable bonds is 3. The van der Waals surface area contributed by atoms with Crippen LogP contribution in [0.15, 0.2) is 54.6 Å². The third-order valence-electron chi connectivity index (χ3n) is 3.94. The number of H-pyrrole nitrogens is 1. The summed E-state index contributed by atoms with van der Waals surface area (Å²) >= 11 is 1.70. The molecule has 0 radical (unpaired) electrons. The summed E-state index contributed by atoms with van der Waals surface area (Å²) in [4.78, 5) is 5.94. The van der Waals surface area contributed by atoms with Gasteiger partial charge in [-0.05, 0) is 38.1 Å². The van der Waals surface area contributed by atoms with Crippen LogP contribution in [0.3, 0.4) is 0 Å². The fourth-order valence-electron chi connectivity index (χ4n) is 2.59. The molecule has 2 aromatic carbocycles. The molecule has 4 aromatic rings. The van der Waals surface area contributed by atoms with E-state index in [1.165, 1.54) is 4.88 Å². The summed E-state index contributed by atoms with van der Waals surface area (Å²) in [5.41, 5.74) is 4.12. The zero-order valence-corrected chi connectivity index (χ0v) is 14.2. The molecular formula is C18H16N5S+. The second-order valence-electron chi connectivity index (χ2n) is 5.50. The molecular weight excluding hydrogens is 318 g/mol. The van der Waals surface area contributed by atoms with Crippen molar-refractivity contribution in [3.63, 3.8) is 0 Å². The molecule has 6 heteroatoms. The first-order valence-electron chi connectivity index (χ1n) is 7.66. The maximum Gasteiger partial charge on any atom is 0.337 e. The first-order valence-corrected chi connectivity index (χ1v) is 8.48. The van der Waals surface area contributed by atoms with Crippen molar-refractivity contribution in [1.29, 1.82) is 0 Å². The number of aryl methyl sites for hydroxylation is 2. The first-order chi connectivity index (χ1) is 11.7. The summed E-state index contributed by atoms with van der Waals surface area (Å²) in [6, 6.07) is 18.2. The molecule has 24 heavy (non-hydrogen) atoms. The predicted molar refractivity (Wildman–Crippen MR) is 93.9 cm³/mol. The SMILES string of the molecule is Cc1nc(-c2ccccc2-[n+]2[nH]nnc2-c2ccccc2)sc1C. The molecule has 0 aliphatic carbocycles. The average molecular weight is 334 g/mol. The van der Waals surface area contributed by atoms with E-state index in [1.807, 2.05) is 60.1 Å². The van der Waals surface area contributed by atoms with E-state index < -0.39 is 0 Å². The van der Waals surface area contributed by atoms with Crippen molar-refractivity contribution < 1.29 is 4.68 Å². The Balaban J connectivity index is 1.89. The predicted octanol–water partition coefficient (Wildman–Crippen LogP) is 3.49. The molecule has 0 aliphatic heterocycles. The van der Waals surface area contributed by atoms with Gasteiger partial charge in [0.1, 0.15) is 15.8 Å². The van der Waals surface area contributed by atoms with Gasteiger partial charge < -0.3 is 0 Å². The summed E-state index contributed by atoms with van der Waals surface area (Å²) in [5, 5.41) is 12.3. The van der Waals surface area contributed by atoms with Crippen LogP contribution in [0.25, 0.3) is 27.6 Å². The van der Waals surface area contributed by atoms with E-state index in [9.17, 15) is 0 Å². The van der Waals surface area contributed by atoms with E-state index in [4.69, 9.17) is 4.98 Å². The van der Waals surface area contributed by atoms with Crippen molar-refractivity contribution in [2.24, 2.45) is 0 Å². The molecule has 0 saturated carbocycles.